The fraction of sp³-hybridized carbons (Fsp3) is 0.105. The monoisotopic (exact) mass is 363 g/mol. The van der Waals surface area contributed by atoms with Gasteiger partial charge in [0.2, 0.25) is 5.91 Å². The highest BCUT2D eigenvalue weighted by Gasteiger charge is 2.26. The number of aromatic nitrogens is 1. The van der Waals surface area contributed by atoms with Gasteiger partial charge in [0.1, 0.15) is 12.8 Å². The van der Waals surface area contributed by atoms with Crippen LogP contribution in [-0.4, -0.2) is 30.6 Å². The highest BCUT2D eigenvalue weighted by atomic mass is 16.5. The van der Waals surface area contributed by atoms with Gasteiger partial charge in [-0.1, -0.05) is 17.3 Å². The standard InChI is InChI=1S/C19H17N5O3/c1-23-15-4-2-3-5-16(15)24(12-18(23)25)21-14-8-6-13(7-9-14)19(26)20-17-10-11-27-22-17/h2-11,21H,12H2,1H3,(H,20,22,26). The molecule has 0 aliphatic carbocycles. The number of hydrazine groups is 1. The molecule has 2 N–H and O–H groups in total. The summed E-state index contributed by atoms with van der Waals surface area (Å²) in [6.45, 7) is 0.210. The van der Waals surface area contributed by atoms with Crippen molar-refractivity contribution in [3.8, 4) is 0 Å². The molecule has 27 heavy (non-hydrogen) atoms. The normalized spacial score (nSPS) is 13.3. The quantitative estimate of drug-likeness (QED) is 0.741. The average molecular weight is 363 g/mol. The number of benzene rings is 2. The minimum atomic E-state index is -0.282. The number of rotatable bonds is 4. The van der Waals surface area contributed by atoms with Crippen LogP contribution in [0.3, 0.4) is 0 Å². The van der Waals surface area contributed by atoms with E-state index in [1.807, 2.05) is 24.3 Å². The van der Waals surface area contributed by atoms with Crippen LogP contribution in [0.4, 0.5) is 22.9 Å². The van der Waals surface area contributed by atoms with E-state index in [9.17, 15) is 9.59 Å². The summed E-state index contributed by atoms with van der Waals surface area (Å²) in [5.74, 6) is 0.0649. The lowest BCUT2D eigenvalue weighted by Crippen LogP contribution is -2.46. The fourth-order valence-corrected chi connectivity index (χ4v) is 2.85. The zero-order chi connectivity index (χ0) is 18.8. The largest absolute Gasteiger partial charge is 0.363 e. The Morgan fingerprint density at radius 1 is 1.07 bits per heavy atom. The van der Waals surface area contributed by atoms with E-state index < -0.39 is 0 Å². The highest BCUT2D eigenvalue weighted by molar-refractivity contribution is 6.04. The molecule has 2 heterocycles. The number of hydrogen-bond donors (Lipinski definition) is 2. The van der Waals surface area contributed by atoms with Gasteiger partial charge in [-0.2, -0.15) is 0 Å². The number of carbonyl (C=O) groups is 2. The average Bonchev–Trinajstić information content (AvgIpc) is 3.19. The summed E-state index contributed by atoms with van der Waals surface area (Å²) < 4.78 is 4.69. The second kappa shape index (κ2) is 6.83. The third kappa shape index (κ3) is 3.32. The molecule has 0 saturated heterocycles. The lowest BCUT2D eigenvalue weighted by Gasteiger charge is -2.35. The number of para-hydroxylation sites is 2. The Morgan fingerprint density at radius 3 is 2.52 bits per heavy atom. The summed E-state index contributed by atoms with van der Waals surface area (Å²) in [6.07, 6.45) is 1.39. The van der Waals surface area contributed by atoms with Crippen molar-refractivity contribution in [2.45, 2.75) is 0 Å². The van der Waals surface area contributed by atoms with Crippen LogP contribution < -0.4 is 20.7 Å². The maximum Gasteiger partial charge on any atom is 0.256 e. The number of nitrogens with one attached hydrogen (secondary N) is 2. The molecule has 0 spiro atoms. The van der Waals surface area contributed by atoms with Crippen molar-refractivity contribution in [3.05, 3.63) is 66.4 Å². The van der Waals surface area contributed by atoms with Gasteiger partial charge in [0.25, 0.3) is 5.91 Å². The topological polar surface area (TPSA) is 90.7 Å². The number of carbonyl (C=O) groups excluding carboxylic acids is 2. The SMILES string of the molecule is CN1C(=O)CN(Nc2ccc(C(=O)Nc3ccon3)cc2)c2ccccc21. The van der Waals surface area contributed by atoms with Crippen LogP contribution in [0.1, 0.15) is 10.4 Å². The van der Waals surface area contributed by atoms with E-state index in [1.54, 1.807) is 47.3 Å². The van der Waals surface area contributed by atoms with E-state index in [-0.39, 0.29) is 18.4 Å². The number of likely N-dealkylation sites (N-methyl/N-ethyl adjacent to an activating group) is 1. The van der Waals surface area contributed by atoms with Crippen LogP contribution in [0.15, 0.2) is 65.4 Å². The van der Waals surface area contributed by atoms with Crippen LogP contribution >= 0.6 is 0 Å². The molecular formula is C19H17N5O3. The molecule has 0 radical (unpaired) electrons. The van der Waals surface area contributed by atoms with Crippen LogP contribution in [-0.2, 0) is 4.79 Å². The fourth-order valence-electron chi connectivity index (χ4n) is 2.85. The third-order valence-electron chi connectivity index (χ3n) is 4.29. The number of amides is 2. The molecule has 8 heteroatoms. The lowest BCUT2D eigenvalue weighted by atomic mass is 10.2. The van der Waals surface area contributed by atoms with Gasteiger partial charge in [0.15, 0.2) is 5.82 Å². The summed E-state index contributed by atoms with van der Waals surface area (Å²) in [5, 5.41) is 8.08. The van der Waals surface area contributed by atoms with Crippen molar-refractivity contribution in [2.24, 2.45) is 0 Å². The number of anilines is 4. The van der Waals surface area contributed by atoms with Gasteiger partial charge in [-0.25, -0.2) is 0 Å². The van der Waals surface area contributed by atoms with Gasteiger partial charge in [-0.3, -0.25) is 20.0 Å². The summed E-state index contributed by atoms with van der Waals surface area (Å²) in [5.41, 5.74) is 6.22. The lowest BCUT2D eigenvalue weighted by molar-refractivity contribution is -0.117. The Balaban J connectivity index is 1.49. The summed E-state index contributed by atoms with van der Waals surface area (Å²) >= 11 is 0. The minimum absolute atomic E-state index is 0.00944. The van der Waals surface area contributed by atoms with Gasteiger partial charge < -0.3 is 14.7 Å². The molecular weight excluding hydrogens is 346 g/mol. The maximum atomic E-state index is 12.2. The molecule has 2 amide bonds. The first-order valence-electron chi connectivity index (χ1n) is 8.33. The van der Waals surface area contributed by atoms with E-state index in [0.29, 0.717) is 11.4 Å². The molecule has 0 unspecified atom stereocenters. The first-order valence-corrected chi connectivity index (χ1v) is 8.33. The predicted octanol–water partition coefficient (Wildman–Crippen LogP) is 2.74. The van der Waals surface area contributed by atoms with E-state index in [0.717, 1.165) is 17.1 Å². The second-order valence-electron chi connectivity index (χ2n) is 6.06. The molecule has 3 aromatic rings. The Morgan fingerprint density at radius 2 is 1.81 bits per heavy atom. The van der Waals surface area contributed by atoms with Crippen LogP contribution in [0.2, 0.25) is 0 Å². The smallest absolute Gasteiger partial charge is 0.256 e. The van der Waals surface area contributed by atoms with Gasteiger partial charge in [0, 0.05) is 18.7 Å². The first-order chi connectivity index (χ1) is 13.1. The Labute approximate surface area is 155 Å². The van der Waals surface area contributed by atoms with Gasteiger partial charge in [-0.15, -0.1) is 0 Å². The van der Waals surface area contributed by atoms with E-state index in [4.69, 9.17) is 0 Å². The van der Waals surface area contributed by atoms with E-state index in [1.165, 1.54) is 6.26 Å². The maximum absolute atomic E-state index is 12.2. The molecule has 0 atom stereocenters. The Hall–Kier alpha value is -3.81. The van der Waals surface area contributed by atoms with Crippen LogP contribution in [0.25, 0.3) is 0 Å². The molecule has 8 nitrogen and oxygen atoms in total. The van der Waals surface area contributed by atoms with Crippen molar-refractivity contribution in [3.63, 3.8) is 0 Å². The number of fused-ring (bicyclic) bond motifs is 1. The molecule has 1 aliphatic rings. The van der Waals surface area contributed by atoms with Crippen LogP contribution in [0.5, 0.6) is 0 Å². The van der Waals surface area contributed by atoms with Gasteiger partial charge >= 0.3 is 0 Å². The second-order valence-corrected chi connectivity index (χ2v) is 6.06. The molecule has 136 valence electrons. The number of nitrogens with zero attached hydrogens (tertiary/aromatic N) is 3. The van der Waals surface area contributed by atoms with Crippen molar-refractivity contribution in [2.75, 3.05) is 34.2 Å². The minimum Gasteiger partial charge on any atom is -0.363 e. The summed E-state index contributed by atoms with van der Waals surface area (Å²) in [4.78, 5) is 26.1. The Bertz CT molecular complexity index is 969. The zero-order valence-electron chi connectivity index (χ0n) is 14.5. The van der Waals surface area contributed by atoms with E-state index in [2.05, 4.69) is 20.4 Å². The van der Waals surface area contributed by atoms with Crippen molar-refractivity contribution in [1.29, 1.82) is 0 Å². The summed E-state index contributed by atoms with van der Waals surface area (Å²) in [6, 6.07) is 16.2. The molecule has 2 aromatic carbocycles. The molecule has 4 rings (SSSR count). The predicted molar refractivity (Wildman–Crippen MR) is 102 cm³/mol. The van der Waals surface area contributed by atoms with Crippen molar-refractivity contribution in [1.82, 2.24) is 5.16 Å². The molecule has 0 fully saturated rings. The summed E-state index contributed by atoms with van der Waals surface area (Å²) in [7, 11) is 1.76. The molecule has 0 bridgehead atoms. The van der Waals surface area contributed by atoms with Crippen molar-refractivity contribution >= 4 is 34.7 Å². The molecule has 0 saturated carbocycles. The number of hydrogen-bond acceptors (Lipinski definition) is 6. The Kier molecular flexibility index (Phi) is 4.21. The zero-order valence-corrected chi connectivity index (χ0v) is 14.5. The molecule has 1 aliphatic heterocycles. The van der Waals surface area contributed by atoms with Crippen molar-refractivity contribution < 1.29 is 14.1 Å². The molecule has 1 aromatic heterocycles. The van der Waals surface area contributed by atoms with Gasteiger partial charge in [-0.05, 0) is 36.4 Å². The first kappa shape index (κ1) is 16.6. The van der Waals surface area contributed by atoms with Crippen LogP contribution in [0, 0.1) is 0 Å². The van der Waals surface area contributed by atoms with Gasteiger partial charge in [0.05, 0.1) is 17.1 Å². The third-order valence-corrected chi connectivity index (χ3v) is 4.29. The van der Waals surface area contributed by atoms with E-state index >= 15 is 0 Å². The highest BCUT2D eigenvalue weighted by Crippen LogP contribution is 2.32.